The van der Waals surface area contributed by atoms with Crippen molar-refractivity contribution in [3.8, 4) is 22.6 Å². The molecule has 3 rings (SSSR count). The number of hydrogen-bond donors (Lipinski definition) is 0. The van der Waals surface area contributed by atoms with Gasteiger partial charge in [-0.1, -0.05) is 65.8 Å². The molecule has 0 atom stereocenters. The Kier molecular flexibility index (Phi) is 3.17. The van der Waals surface area contributed by atoms with E-state index >= 15 is 0 Å². The van der Waals surface area contributed by atoms with E-state index in [4.69, 9.17) is 4.52 Å². The first-order chi connectivity index (χ1) is 9.77. The Hall–Kier alpha value is -2.68. The number of rotatable bonds is 3. The Morgan fingerprint density at radius 1 is 0.900 bits per heavy atom. The van der Waals surface area contributed by atoms with Gasteiger partial charge in [0.05, 0.1) is 5.56 Å². The lowest BCUT2D eigenvalue weighted by molar-refractivity contribution is 0.101. The number of ketones is 1. The summed E-state index contributed by atoms with van der Waals surface area (Å²) in [5, 5.41) is 4.09. The van der Waals surface area contributed by atoms with Crippen LogP contribution < -0.4 is 0 Å². The fourth-order valence-electron chi connectivity index (χ4n) is 2.20. The van der Waals surface area contributed by atoms with E-state index in [9.17, 15) is 4.79 Å². The largest absolute Gasteiger partial charge is 0.355 e. The van der Waals surface area contributed by atoms with E-state index in [1.165, 1.54) is 6.92 Å². The third-order valence-electron chi connectivity index (χ3n) is 3.13. The summed E-state index contributed by atoms with van der Waals surface area (Å²) in [6.45, 7) is 1.53. The lowest BCUT2D eigenvalue weighted by Gasteiger charge is -2.00. The highest BCUT2D eigenvalue weighted by molar-refractivity contribution is 6.04. The summed E-state index contributed by atoms with van der Waals surface area (Å²) < 4.78 is 5.43. The number of carbonyl (C=O) groups excluding carboxylic acids is 1. The van der Waals surface area contributed by atoms with Gasteiger partial charge in [0.2, 0.25) is 0 Å². The minimum Gasteiger partial charge on any atom is -0.355 e. The quantitative estimate of drug-likeness (QED) is 0.665. The monoisotopic (exact) mass is 263 g/mol. The maximum atomic E-state index is 12.0. The molecular weight excluding hydrogens is 250 g/mol. The van der Waals surface area contributed by atoms with Crippen molar-refractivity contribution in [2.75, 3.05) is 0 Å². The first-order valence-corrected chi connectivity index (χ1v) is 6.39. The van der Waals surface area contributed by atoms with Gasteiger partial charge in [-0.2, -0.15) is 0 Å². The number of hydrogen-bond acceptors (Lipinski definition) is 3. The normalized spacial score (nSPS) is 10.4. The van der Waals surface area contributed by atoms with Gasteiger partial charge < -0.3 is 4.52 Å². The molecule has 0 aliphatic rings. The Morgan fingerprint density at radius 2 is 1.45 bits per heavy atom. The van der Waals surface area contributed by atoms with Gasteiger partial charge in [0.15, 0.2) is 11.5 Å². The summed E-state index contributed by atoms with van der Waals surface area (Å²) in [6, 6.07) is 19.1. The van der Waals surface area contributed by atoms with Crippen LogP contribution in [0, 0.1) is 0 Å². The van der Waals surface area contributed by atoms with Crippen molar-refractivity contribution in [3.63, 3.8) is 0 Å². The first-order valence-electron chi connectivity index (χ1n) is 6.39. The van der Waals surface area contributed by atoms with Crippen LogP contribution in [-0.4, -0.2) is 10.9 Å². The molecule has 2 aromatic carbocycles. The highest BCUT2D eigenvalue weighted by atomic mass is 16.5. The summed E-state index contributed by atoms with van der Waals surface area (Å²) >= 11 is 0. The number of carbonyl (C=O) groups is 1. The van der Waals surface area contributed by atoms with Crippen LogP contribution in [0.15, 0.2) is 65.2 Å². The van der Waals surface area contributed by atoms with Gasteiger partial charge in [0.1, 0.15) is 5.69 Å². The average Bonchev–Trinajstić information content (AvgIpc) is 2.94. The Labute approximate surface area is 116 Å². The van der Waals surface area contributed by atoms with E-state index in [-0.39, 0.29) is 5.78 Å². The molecule has 0 amide bonds. The summed E-state index contributed by atoms with van der Waals surface area (Å²) in [5.41, 5.74) is 2.86. The van der Waals surface area contributed by atoms with Crippen LogP contribution in [0.25, 0.3) is 22.6 Å². The lowest BCUT2D eigenvalue weighted by atomic mass is 10.00. The molecule has 3 nitrogen and oxygen atoms in total. The number of aromatic nitrogens is 1. The van der Waals surface area contributed by atoms with Crippen molar-refractivity contribution in [1.82, 2.24) is 5.16 Å². The molecule has 0 fully saturated rings. The van der Waals surface area contributed by atoms with Gasteiger partial charge >= 0.3 is 0 Å². The van der Waals surface area contributed by atoms with E-state index in [2.05, 4.69) is 5.16 Å². The smallest absolute Gasteiger partial charge is 0.178 e. The van der Waals surface area contributed by atoms with E-state index in [0.717, 1.165) is 11.1 Å². The summed E-state index contributed by atoms with van der Waals surface area (Å²) in [6.07, 6.45) is 0. The van der Waals surface area contributed by atoms with Crippen molar-refractivity contribution in [1.29, 1.82) is 0 Å². The molecule has 3 aromatic rings. The van der Waals surface area contributed by atoms with E-state index in [1.807, 2.05) is 60.7 Å². The Morgan fingerprint density at radius 3 is 2.00 bits per heavy atom. The zero-order chi connectivity index (χ0) is 13.9. The van der Waals surface area contributed by atoms with Crippen LogP contribution in [-0.2, 0) is 0 Å². The van der Waals surface area contributed by atoms with Gasteiger partial charge in [-0.05, 0) is 6.92 Å². The molecule has 0 unspecified atom stereocenters. The number of nitrogens with zero attached hydrogens (tertiary/aromatic N) is 1. The van der Waals surface area contributed by atoms with Crippen molar-refractivity contribution in [2.24, 2.45) is 0 Å². The van der Waals surface area contributed by atoms with E-state index < -0.39 is 0 Å². The highest BCUT2D eigenvalue weighted by Gasteiger charge is 2.21. The van der Waals surface area contributed by atoms with Crippen molar-refractivity contribution in [2.45, 2.75) is 6.92 Å². The summed E-state index contributed by atoms with van der Waals surface area (Å²) in [4.78, 5) is 12.0. The average molecular weight is 263 g/mol. The molecule has 0 saturated carbocycles. The van der Waals surface area contributed by atoms with E-state index in [1.54, 1.807) is 0 Å². The van der Waals surface area contributed by atoms with Crippen LogP contribution in [0.2, 0.25) is 0 Å². The zero-order valence-electron chi connectivity index (χ0n) is 11.0. The number of Topliss-reactive ketones (excluding diaryl/α,β-unsaturated/α-hetero) is 1. The third kappa shape index (κ3) is 2.14. The van der Waals surface area contributed by atoms with E-state index in [0.29, 0.717) is 17.0 Å². The summed E-state index contributed by atoms with van der Waals surface area (Å²) in [5.74, 6) is 0.473. The molecule has 98 valence electrons. The minimum absolute atomic E-state index is 0.0519. The molecule has 1 heterocycles. The molecule has 20 heavy (non-hydrogen) atoms. The lowest BCUT2D eigenvalue weighted by Crippen LogP contribution is -1.95. The van der Waals surface area contributed by atoms with Crippen LogP contribution in [0.4, 0.5) is 0 Å². The second kappa shape index (κ2) is 5.13. The Bertz CT molecular complexity index is 673. The molecule has 0 saturated heterocycles. The molecule has 3 heteroatoms. The molecule has 1 aromatic heterocycles. The summed E-state index contributed by atoms with van der Waals surface area (Å²) in [7, 11) is 0. The van der Waals surface area contributed by atoms with Gasteiger partial charge in [-0.3, -0.25) is 4.79 Å². The molecule has 0 bridgehead atoms. The molecule has 0 radical (unpaired) electrons. The first kappa shape index (κ1) is 12.4. The minimum atomic E-state index is -0.0519. The Balaban J connectivity index is 2.20. The van der Waals surface area contributed by atoms with Crippen molar-refractivity contribution < 1.29 is 9.32 Å². The standard InChI is InChI=1S/C17H13NO2/c1-12(19)15-16(13-8-4-2-5-9-13)18-20-17(15)14-10-6-3-7-11-14/h2-11H,1H3. The molecule has 0 aliphatic carbocycles. The predicted molar refractivity (Wildman–Crippen MR) is 77.4 cm³/mol. The molecule has 0 N–H and O–H groups in total. The molecule has 0 spiro atoms. The van der Waals surface area contributed by atoms with Gasteiger partial charge in [-0.25, -0.2) is 0 Å². The van der Waals surface area contributed by atoms with Crippen molar-refractivity contribution >= 4 is 5.78 Å². The SMILES string of the molecule is CC(=O)c1c(-c2ccccc2)noc1-c1ccccc1. The van der Waals surface area contributed by atoms with Crippen LogP contribution in [0.5, 0.6) is 0 Å². The third-order valence-corrected chi connectivity index (χ3v) is 3.13. The number of benzene rings is 2. The maximum absolute atomic E-state index is 12.0. The predicted octanol–water partition coefficient (Wildman–Crippen LogP) is 4.21. The second-order valence-corrected chi connectivity index (χ2v) is 4.52. The molecule has 0 aliphatic heterocycles. The van der Waals surface area contributed by atoms with Gasteiger partial charge in [0, 0.05) is 11.1 Å². The zero-order valence-corrected chi connectivity index (χ0v) is 11.0. The second-order valence-electron chi connectivity index (χ2n) is 4.52. The van der Waals surface area contributed by atoms with Gasteiger partial charge in [0.25, 0.3) is 0 Å². The van der Waals surface area contributed by atoms with Crippen LogP contribution in [0.3, 0.4) is 0 Å². The fraction of sp³-hybridized carbons (Fsp3) is 0.0588. The highest BCUT2D eigenvalue weighted by Crippen LogP contribution is 2.32. The fourth-order valence-corrected chi connectivity index (χ4v) is 2.20. The topological polar surface area (TPSA) is 43.1 Å². The van der Waals surface area contributed by atoms with Crippen LogP contribution in [0.1, 0.15) is 17.3 Å². The van der Waals surface area contributed by atoms with Crippen LogP contribution >= 0.6 is 0 Å². The van der Waals surface area contributed by atoms with Crippen molar-refractivity contribution in [3.05, 3.63) is 66.2 Å². The molecular formula is C17H13NO2. The van der Waals surface area contributed by atoms with Gasteiger partial charge in [-0.15, -0.1) is 0 Å². The maximum Gasteiger partial charge on any atom is 0.178 e.